The average Bonchev–Trinajstić information content (AvgIpc) is 3.00. The molecule has 1 saturated carbocycles. The second-order valence-corrected chi connectivity index (χ2v) is 4.55. The number of nitrogens with one attached hydrogen (secondary N) is 2. The first-order chi connectivity index (χ1) is 8.58. The predicted octanol–water partition coefficient (Wildman–Crippen LogP) is -0.122. The zero-order valence-electron chi connectivity index (χ0n) is 9.96. The molecule has 1 aliphatic rings. The Morgan fingerprint density at radius 1 is 1.44 bits per heavy atom. The van der Waals surface area contributed by atoms with Gasteiger partial charge in [-0.25, -0.2) is 0 Å². The van der Waals surface area contributed by atoms with Gasteiger partial charge in [0, 0.05) is 5.92 Å². The van der Waals surface area contributed by atoms with E-state index in [4.69, 9.17) is 5.11 Å². The number of carbonyl (C=O) groups excluding carboxylic acids is 1. The van der Waals surface area contributed by atoms with Gasteiger partial charge in [0.25, 0.3) is 0 Å². The van der Waals surface area contributed by atoms with Crippen molar-refractivity contribution in [2.24, 2.45) is 11.8 Å². The summed E-state index contributed by atoms with van der Waals surface area (Å²) in [4.78, 5) is 22.7. The molecule has 2 rings (SSSR count). The molecule has 1 aliphatic carbocycles. The van der Waals surface area contributed by atoms with Crippen LogP contribution in [-0.4, -0.2) is 37.6 Å². The van der Waals surface area contributed by atoms with Gasteiger partial charge in [-0.3, -0.25) is 9.59 Å². The van der Waals surface area contributed by atoms with Crippen molar-refractivity contribution in [2.75, 3.05) is 0 Å². The predicted molar refractivity (Wildman–Crippen MR) is 59.2 cm³/mol. The van der Waals surface area contributed by atoms with Gasteiger partial charge in [-0.2, -0.15) is 5.21 Å². The second kappa shape index (κ2) is 5.11. The van der Waals surface area contributed by atoms with Crippen molar-refractivity contribution < 1.29 is 14.7 Å². The smallest absolute Gasteiger partial charge is 0.306 e. The normalized spacial score (nSPS) is 24.7. The van der Waals surface area contributed by atoms with Crippen molar-refractivity contribution in [3.8, 4) is 0 Å². The van der Waals surface area contributed by atoms with E-state index in [-0.39, 0.29) is 17.9 Å². The van der Waals surface area contributed by atoms with Gasteiger partial charge in [-0.05, 0) is 26.2 Å². The number of nitrogens with zero attached hydrogens (tertiary/aromatic N) is 3. The van der Waals surface area contributed by atoms with Gasteiger partial charge in [0.1, 0.15) is 0 Å². The van der Waals surface area contributed by atoms with Gasteiger partial charge in [-0.15, -0.1) is 10.2 Å². The average molecular weight is 253 g/mol. The van der Waals surface area contributed by atoms with Crippen LogP contribution in [0.5, 0.6) is 0 Å². The second-order valence-electron chi connectivity index (χ2n) is 4.55. The lowest BCUT2D eigenvalue weighted by Gasteiger charge is -2.14. The topological polar surface area (TPSA) is 121 Å². The molecule has 0 spiro atoms. The number of carboxylic acid groups (broad SMARTS) is 1. The molecule has 3 N–H and O–H groups in total. The largest absolute Gasteiger partial charge is 0.481 e. The van der Waals surface area contributed by atoms with Crippen molar-refractivity contribution in [3.05, 3.63) is 5.82 Å². The summed E-state index contributed by atoms with van der Waals surface area (Å²) in [6.45, 7) is 1.76. The Bertz CT molecular complexity index is 433. The first-order valence-electron chi connectivity index (χ1n) is 5.84. The van der Waals surface area contributed by atoms with Crippen LogP contribution in [0.25, 0.3) is 0 Å². The molecule has 3 atom stereocenters. The number of rotatable bonds is 4. The Hall–Kier alpha value is -1.99. The third-order valence-electron chi connectivity index (χ3n) is 3.26. The third-order valence-corrected chi connectivity index (χ3v) is 3.26. The van der Waals surface area contributed by atoms with Crippen LogP contribution in [0.15, 0.2) is 0 Å². The number of aromatic nitrogens is 4. The molecule has 8 nitrogen and oxygen atoms in total. The summed E-state index contributed by atoms with van der Waals surface area (Å²) in [5.74, 6) is -1.19. The highest BCUT2D eigenvalue weighted by atomic mass is 16.4. The van der Waals surface area contributed by atoms with Gasteiger partial charge in [0.2, 0.25) is 5.91 Å². The molecule has 98 valence electrons. The van der Waals surface area contributed by atoms with E-state index >= 15 is 0 Å². The first kappa shape index (κ1) is 12.5. The Morgan fingerprint density at radius 2 is 2.17 bits per heavy atom. The maximum atomic E-state index is 11.9. The number of hydrogen-bond donors (Lipinski definition) is 3. The SMILES string of the molecule is CC(NC(=O)[C@@H]1CC[C@H](C(=O)O)C1)c1nn[nH]n1. The van der Waals surface area contributed by atoms with Crippen molar-refractivity contribution >= 4 is 11.9 Å². The maximum Gasteiger partial charge on any atom is 0.306 e. The summed E-state index contributed by atoms with van der Waals surface area (Å²) in [5, 5.41) is 24.9. The molecule has 1 fully saturated rings. The van der Waals surface area contributed by atoms with Gasteiger partial charge >= 0.3 is 5.97 Å². The highest BCUT2D eigenvalue weighted by Gasteiger charge is 2.34. The number of aromatic amines is 1. The lowest BCUT2D eigenvalue weighted by atomic mass is 10.0. The molecule has 0 saturated heterocycles. The number of H-pyrrole nitrogens is 1. The van der Waals surface area contributed by atoms with Crippen molar-refractivity contribution in [3.63, 3.8) is 0 Å². The van der Waals surface area contributed by atoms with E-state index in [0.29, 0.717) is 25.1 Å². The summed E-state index contributed by atoms with van der Waals surface area (Å²) in [5.41, 5.74) is 0. The summed E-state index contributed by atoms with van der Waals surface area (Å²) in [6, 6.07) is -0.333. The van der Waals surface area contributed by atoms with E-state index in [1.54, 1.807) is 6.92 Å². The highest BCUT2D eigenvalue weighted by molar-refractivity contribution is 5.81. The zero-order valence-corrected chi connectivity index (χ0v) is 9.96. The van der Waals surface area contributed by atoms with E-state index in [1.165, 1.54) is 0 Å². The molecule has 1 amide bonds. The van der Waals surface area contributed by atoms with Gasteiger partial charge in [0.05, 0.1) is 12.0 Å². The van der Waals surface area contributed by atoms with Crippen molar-refractivity contribution in [1.82, 2.24) is 25.9 Å². The van der Waals surface area contributed by atoms with E-state index in [1.807, 2.05) is 0 Å². The Kier molecular flexibility index (Phi) is 3.54. The molecule has 0 aromatic carbocycles. The van der Waals surface area contributed by atoms with Crippen LogP contribution in [0.2, 0.25) is 0 Å². The summed E-state index contributed by atoms with van der Waals surface area (Å²) in [7, 11) is 0. The fraction of sp³-hybridized carbons (Fsp3) is 0.700. The third kappa shape index (κ3) is 2.63. The number of aliphatic carboxylic acids is 1. The lowest BCUT2D eigenvalue weighted by Crippen LogP contribution is -2.32. The molecular weight excluding hydrogens is 238 g/mol. The van der Waals surface area contributed by atoms with E-state index in [0.717, 1.165) is 0 Å². The Morgan fingerprint density at radius 3 is 2.72 bits per heavy atom. The zero-order chi connectivity index (χ0) is 13.1. The number of carboxylic acids is 1. The van der Waals surface area contributed by atoms with E-state index in [9.17, 15) is 9.59 Å². The molecule has 8 heteroatoms. The van der Waals surface area contributed by atoms with E-state index in [2.05, 4.69) is 25.9 Å². The molecule has 0 bridgehead atoms. The molecule has 0 aliphatic heterocycles. The summed E-state index contributed by atoms with van der Waals surface area (Å²) < 4.78 is 0. The number of carbonyl (C=O) groups is 2. The van der Waals surface area contributed by atoms with Gasteiger partial charge in [0.15, 0.2) is 5.82 Å². The van der Waals surface area contributed by atoms with Crippen molar-refractivity contribution in [2.45, 2.75) is 32.2 Å². The monoisotopic (exact) mass is 253 g/mol. The molecular formula is C10H15N5O3. The fourth-order valence-corrected chi connectivity index (χ4v) is 2.19. The molecule has 18 heavy (non-hydrogen) atoms. The molecule has 1 heterocycles. The van der Waals surface area contributed by atoms with Crippen LogP contribution >= 0.6 is 0 Å². The standard InChI is InChI=1S/C10H15N5O3/c1-5(8-12-14-15-13-8)11-9(16)6-2-3-7(4-6)10(17)18/h5-7H,2-4H2,1H3,(H,11,16)(H,17,18)(H,12,13,14,15)/t5?,6-,7+/m1/s1. The van der Waals surface area contributed by atoms with Crippen molar-refractivity contribution in [1.29, 1.82) is 0 Å². The number of tetrazole rings is 1. The minimum absolute atomic E-state index is 0.143. The Labute approximate surface area is 103 Å². The van der Waals surface area contributed by atoms with Crippen LogP contribution in [0.1, 0.15) is 38.1 Å². The summed E-state index contributed by atoms with van der Waals surface area (Å²) >= 11 is 0. The van der Waals surface area contributed by atoms with Crippen LogP contribution in [0.4, 0.5) is 0 Å². The van der Waals surface area contributed by atoms with Crippen LogP contribution in [-0.2, 0) is 9.59 Å². The number of amides is 1. The fourth-order valence-electron chi connectivity index (χ4n) is 2.19. The maximum absolute atomic E-state index is 11.9. The Balaban J connectivity index is 1.87. The van der Waals surface area contributed by atoms with Gasteiger partial charge in [-0.1, -0.05) is 5.21 Å². The van der Waals surface area contributed by atoms with Crippen LogP contribution < -0.4 is 5.32 Å². The minimum Gasteiger partial charge on any atom is -0.481 e. The first-order valence-corrected chi connectivity index (χ1v) is 5.84. The molecule has 1 unspecified atom stereocenters. The quantitative estimate of drug-likeness (QED) is 0.687. The molecule has 1 aromatic heterocycles. The summed E-state index contributed by atoms with van der Waals surface area (Å²) in [6.07, 6.45) is 1.58. The molecule has 0 radical (unpaired) electrons. The minimum atomic E-state index is -0.823. The van der Waals surface area contributed by atoms with Crippen LogP contribution in [0, 0.1) is 11.8 Å². The van der Waals surface area contributed by atoms with E-state index < -0.39 is 11.9 Å². The highest BCUT2D eigenvalue weighted by Crippen LogP contribution is 2.31. The van der Waals surface area contributed by atoms with Crippen LogP contribution in [0.3, 0.4) is 0 Å². The van der Waals surface area contributed by atoms with Gasteiger partial charge < -0.3 is 10.4 Å². The lowest BCUT2D eigenvalue weighted by molar-refractivity contribution is -0.141. The molecule has 1 aromatic rings. The number of hydrogen-bond acceptors (Lipinski definition) is 5.